The lowest BCUT2D eigenvalue weighted by molar-refractivity contribution is 0.373. The van der Waals surface area contributed by atoms with Crippen LogP contribution in [0.25, 0.3) is 16.9 Å². The molecule has 0 unspecified atom stereocenters. The van der Waals surface area contributed by atoms with Crippen LogP contribution in [-0.2, 0) is 0 Å². The third kappa shape index (κ3) is 4.46. The Labute approximate surface area is 192 Å². The van der Waals surface area contributed by atoms with Crippen LogP contribution in [0.3, 0.4) is 0 Å². The Morgan fingerprint density at radius 3 is 2.47 bits per heavy atom. The van der Waals surface area contributed by atoms with Crippen molar-refractivity contribution in [3.8, 4) is 39.9 Å². The maximum Gasteiger partial charge on any atom is 0.215 e. The van der Waals surface area contributed by atoms with Crippen LogP contribution in [-0.4, -0.2) is 33.2 Å². The second-order valence-corrected chi connectivity index (χ2v) is 7.97. The predicted molar refractivity (Wildman–Crippen MR) is 125 cm³/mol. The van der Waals surface area contributed by atoms with Crippen LogP contribution in [0.5, 0.6) is 23.0 Å². The molecule has 1 heterocycles. The molecular formula is C23H18ClN3O4S. The smallest absolute Gasteiger partial charge is 0.215 e. The molecule has 0 bridgehead atoms. The molecule has 0 atom stereocenters. The number of rotatable bonds is 5. The highest BCUT2D eigenvalue weighted by Gasteiger charge is 2.14. The van der Waals surface area contributed by atoms with Crippen LogP contribution < -0.4 is 9.54 Å². The van der Waals surface area contributed by atoms with Gasteiger partial charge in [-0.15, -0.1) is 16.4 Å². The van der Waals surface area contributed by atoms with Gasteiger partial charge in [-0.1, -0.05) is 11.6 Å². The van der Waals surface area contributed by atoms with Crippen molar-refractivity contribution in [1.29, 1.82) is 0 Å². The van der Waals surface area contributed by atoms with Gasteiger partial charge < -0.3 is 20.1 Å². The van der Waals surface area contributed by atoms with Gasteiger partial charge in [0.05, 0.1) is 19.0 Å². The molecule has 162 valence electrons. The summed E-state index contributed by atoms with van der Waals surface area (Å²) in [6, 6.07) is 16.3. The maximum atomic E-state index is 10.4. The minimum atomic E-state index is 0.0227. The van der Waals surface area contributed by atoms with E-state index in [0.29, 0.717) is 32.4 Å². The highest BCUT2D eigenvalue weighted by atomic mass is 35.5. The Kier molecular flexibility index (Phi) is 6.16. The monoisotopic (exact) mass is 467 g/mol. The maximum absolute atomic E-state index is 10.4. The van der Waals surface area contributed by atoms with Crippen molar-refractivity contribution < 1.29 is 20.1 Å². The van der Waals surface area contributed by atoms with E-state index in [1.54, 1.807) is 30.5 Å². The summed E-state index contributed by atoms with van der Waals surface area (Å²) in [6.07, 6.45) is 1.54. The summed E-state index contributed by atoms with van der Waals surface area (Å²) in [4.78, 5) is 0.534. The number of halogens is 1. The zero-order valence-corrected chi connectivity index (χ0v) is 18.4. The Balaban J connectivity index is 1.83. The summed E-state index contributed by atoms with van der Waals surface area (Å²) >= 11 is 7.37. The summed E-state index contributed by atoms with van der Waals surface area (Å²) in [6.45, 7) is 0. The van der Waals surface area contributed by atoms with Crippen LogP contribution in [0.15, 0.2) is 76.2 Å². The molecular weight excluding hydrogens is 450 g/mol. The normalized spacial score (nSPS) is 11.9. The van der Waals surface area contributed by atoms with E-state index in [0.717, 1.165) is 5.69 Å². The molecule has 0 saturated heterocycles. The number of thiazole rings is 1. The van der Waals surface area contributed by atoms with Gasteiger partial charge in [-0.25, -0.2) is 0 Å². The molecule has 0 radical (unpaired) electrons. The van der Waals surface area contributed by atoms with E-state index in [-0.39, 0.29) is 17.2 Å². The second kappa shape index (κ2) is 9.17. The number of hydrogen-bond acceptors (Lipinski definition) is 7. The molecule has 0 aliphatic carbocycles. The van der Waals surface area contributed by atoms with E-state index in [1.165, 1.54) is 42.7 Å². The van der Waals surface area contributed by atoms with Crippen molar-refractivity contribution in [2.45, 2.75) is 0 Å². The number of hydrogen-bond donors (Lipinski definition) is 3. The van der Waals surface area contributed by atoms with Crippen LogP contribution in [0.1, 0.15) is 5.56 Å². The first-order chi connectivity index (χ1) is 15.5. The van der Waals surface area contributed by atoms with Crippen LogP contribution in [0.2, 0.25) is 5.02 Å². The molecule has 9 heteroatoms. The second-order valence-electron chi connectivity index (χ2n) is 6.69. The van der Waals surface area contributed by atoms with Crippen molar-refractivity contribution in [2.75, 3.05) is 7.11 Å². The number of phenolic OH excluding ortho intramolecular Hbond substituents is 3. The molecule has 4 aromatic rings. The first-order valence-electron chi connectivity index (χ1n) is 9.39. The molecule has 0 aliphatic rings. The Morgan fingerprint density at radius 1 is 0.969 bits per heavy atom. The molecule has 3 aromatic carbocycles. The van der Waals surface area contributed by atoms with E-state index in [9.17, 15) is 15.3 Å². The van der Waals surface area contributed by atoms with Gasteiger partial charge in [0.2, 0.25) is 4.80 Å². The number of nitrogens with zero attached hydrogens (tertiary/aromatic N) is 3. The van der Waals surface area contributed by atoms with Gasteiger partial charge in [0, 0.05) is 21.7 Å². The van der Waals surface area contributed by atoms with Gasteiger partial charge in [-0.2, -0.15) is 5.10 Å². The quantitative estimate of drug-likeness (QED) is 0.220. The SMILES string of the molecule is COc1cc(/C=N/N=c2\scc(-c3cc(O)ccc3O)n2-c2ccc(Cl)cc2)ccc1O. The van der Waals surface area contributed by atoms with E-state index < -0.39 is 0 Å². The Bertz CT molecular complexity index is 1360. The highest BCUT2D eigenvalue weighted by Crippen LogP contribution is 2.34. The molecule has 3 N–H and O–H groups in total. The average Bonchev–Trinajstić information content (AvgIpc) is 3.20. The van der Waals surface area contributed by atoms with Crippen LogP contribution >= 0.6 is 22.9 Å². The largest absolute Gasteiger partial charge is 0.508 e. The number of methoxy groups -OCH3 is 1. The number of phenols is 3. The molecule has 7 nitrogen and oxygen atoms in total. The lowest BCUT2D eigenvalue weighted by atomic mass is 10.1. The van der Waals surface area contributed by atoms with Crippen LogP contribution in [0, 0.1) is 0 Å². The van der Waals surface area contributed by atoms with Gasteiger partial charge in [-0.05, 0) is 66.2 Å². The topological polar surface area (TPSA) is 99.6 Å². The first kappa shape index (κ1) is 21.5. The lowest BCUT2D eigenvalue weighted by Gasteiger charge is -2.11. The minimum absolute atomic E-state index is 0.0227. The zero-order chi connectivity index (χ0) is 22.7. The van der Waals surface area contributed by atoms with Crippen molar-refractivity contribution in [3.63, 3.8) is 0 Å². The summed E-state index contributed by atoms with van der Waals surface area (Å²) in [5.41, 5.74) is 2.54. The van der Waals surface area contributed by atoms with Gasteiger partial charge in [-0.3, -0.25) is 4.57 Å². The average molecular weight is 468 g/mol. The van der Waals surface area contributed by atoms with Gasteiger partial charge >= 0.3 is 0 Å². The number of benzene rings is 3. The molecule has 1 aromatic heterocycles. The van der Waals surface area contributed by atoms with Gasteiger partial charge in [0.25, 0.3) is 0 Å². The number of aromatic nitrogens is 1. The van der Waals surface area contributed by atoms with E-state index in [2.05, 4.69) is 10.2 Å². The fourth-order valence-electron chi connectivity index (χ4n) is 3.06. The standard InChI is InChI=1S/C23H18ClN3O4S/c1-31-22-10-14(2-8-21(22)30)12-25-26-23-27(16-5-3-15(24)4-6-16)19(13-32-23)18-11-17(28)7-9-20(18)29/h2-13,28-30H,1H3/b25-12+,26-23-. The highest BCUT2D eigenvalue weighted by molar-refractivity contribution is 7.07. The predicted octanol–water partition coefficient (Wildman–Crippen LogP) is 4.92. The molecule has 0 saturated carbocycles. The minimum Gasteiger partial charge on any atom is -0.508 e. The first-order valence-corrected chi connectivity index (χ1v) is 10.6. The summed E-state index contributed by atoms with van der Waals surface area (Å²) in [7, 11) is 1.47. The van der Waals surface area contributed by atoms with E-state index in [4.69, 9.17) is 16.3 Å². The summed E-state index contributed by atoms with van der Waals surface area (Å²) in [5.74, 6) is 0.429. The fourth-order valence-corrected chi connectivity index (χ4v) is 4.04. The van der Waals surface area contributed by atoms with Gasteiger partial charge in [0.1, 0.15) is 11.5 Å². The Hall–Kier alpha value is -3.75. The zero-order valence-electron chi connectivity index (χ0n) is 16.8. The third-order valence-corrected chi connectivity index (χ3v) is 5.67. The van der Waals surface area contributed by atoms with Crippen LogP contribution in [0.4, 0.5) is 0 Å². The van der Waals surface area contributed by atoms with Crippen molar-refractivity contribution >= 4 is 29.2 Å². The Morgan fingerprint density at radius 2 is 1.72 bits per heavy atom. The molecule has 32 heavy (non-hydrogen) atoms. The third-order valence-electron chi connectivity index (χ3n) is 4.60. The number of ether oxygens (including phenoxy) is 1. The lowest BCUT2D eigenvalue weighted by Crippen LogP contribution is -2.13. The van der Waals surface area contributed by atoms with E-state index in [1.807, 2.05) is 22.1 Å². The van der Waals surface area contributed by atoms with Crippen molar-refractivity contribution in [3.05, 3.63) is 81.4 Å². The number of aromatic hydroxyl groups is 3. The molecule has 0 spiro atoms. The summed E-state index contributed by atoms with van der Waals surface area (Å²) < 4.78 is 6.92. The molecule has 0 aliphatic heterocycles. The van der Waals surface area contributed by atoms with Crippen molar-refractivity contribution in [2.24, 2.45) is 10.2 Å². The van der Waals surface area contributed by atoms with Crippen molar-refractivity contribution in [1.82, 2.24) is 4.57 Å². The molecule has 4 rings (SSSR count). The summed E-state index contributed by atoms with van der Waals surface area (Å²) in [5, 5.41) is 41.0. The van der Waals surface area contributed by atoms with E-state index >= 15 is 0 Å². The molecule has 0 amide bonds. The van der Waals surface area contributed by atoms with Gasteiger partial charge in [0.15, 0.2) is 11.5 Å². The molecule has 0 fully saturated rings. The fraction of sp³-hybridized carbons (Fsp3) is 0.0435.